The van der Waals surface area contributed by atoms with Gasteiger partial charge >= 0.3 is 0 Å². The van der Waals surface area contributed by atoms with Crippen molar-refractivity contribution >= 4 is 28.9 Å². The lowest BCUT2D eigenvalue weighted by Gasteiger charge is -2.00. The van der Waals surface area contributed by atoms with Gasteiger partial charge in [0.05, 0.1) is 0 Å². The highest BCUT2D eigenvalue weighted by Gasteiger charge is 2.10. The maximum atomic E-state index is 12.0. The first-order chi connectivity index (χ1) is 5.65. The fraction of sp³-hybridized carbons (Fsp3) is 0.143. The minimum Gasteiger partial charge on any atom is -0.298 e. The summed E-state index contributed by atoms with van der Waals surface area (Å²) in [6, 6.07) is 1.20. The molecule has 0 fully saturated rings. The molecule has 0 spiro atoms. The second-order valence-electron chi connectivity index (χ2n) is 2.05. The molecule has 0 atom stereocenters. The van der Waals surface area contributed by atoms with Crippen molar-refractivity contribution in [2.45, 2.75) is 6.43 Å². The van der Waals surface area contributed by atoms with E-state index in [1.165, 1.54) is 6.07 Å². The van der Waals surface area contributed by atoms with E-state index >= 15 is 0 Å². The molecule has 0 amide bonds. The molecule has 0 saturated carbocycles. The van der Waals surface area contributed by atoms with Crippen LogP contribution in [0.3, 0.4) is 0 Å². The Kier molecular flexibility index (Phi) is 3.07. The van der Waals surface area contributed by atoms with Gasteiger partial charge in [-0.05, 0) is 28.7 Å². The van der Waals surface area contributed by atoms with Crippen LogP contribution in [-0.2, 0) is 0 Å². The summed E-state index contributed by atoms with van der Waals surface area (Å²) in [6.07, 6.45) is -0.848. The number of aldehydes is 1. The SMILES string of the molecule is O=Cc1cnc(C(F)F)cc1I. The third-order valence-corrected chi connectivity index (χ3v) is 2.19. The minimum absolute atomic E-state index is 0.301. The first kappa shape index (κ1) is 9.50. The van der Waals surface area contributed by atoms with E-state index in [1.807, 2.05) is 22.6 Å². The van der Waals surface area contributed by atoms with E-state index in [2.05, 4.69) is 4.98 Å². The highest BCUT2D eigenvalue weighted by molar-refractivity contribution is 14.1. The fourth-order valence-corrected chi connectivity index (χ4v) is 1.25. The summed E-state index contributed by atoms with van der Waals surface area (Å²) in [7, 11) is 0. The monoisotopic (exact) mass is 283 g/mol. The summed E-state index contributed by atoms with van der Waals surface area (Å²) >= 11 is 1.81. The van der Waals surface area contributed by atoms with Crippen molar-refractivity contribution in [3.8, 4) is 0 Å². The lowest BCUT2D eigenvalue weighted by molar-refractivity contribution is 0.112. The van der Waals surface area contributed by atoms with Crippen molar-refractivity contribution in [2.24, 2.45) is 0 Å². The first-order valence-electron chi connectivity index (χ1n) is 3.04. The molecule has 0 saturated heterocycles. The van der Waals surface area contributed by atoms with E-state index in [9.17, 15) is 13.6 Å². The predicted molar refractivity (Wildman–Crippen MR) is 47.3 cm³/mol. The molecule has 0 aliphatic rings. The molecule has 0 N–H and O–H groups in total. The smallest absolute Gasteiger partial charge is 0.280 e. The van der Waals surface area contributed by atoms with E-state index in [1.54, 1.807) is 0 Å². The van der Waals surface area contributed by atoms with Gasteiger partial charge in [-0.1, -0.05) is 0 Å². The molecule has 0 unspecified atom stereocenters. The highest BCUT2D eigenvalue weighted by atomic mass is 127. The molecule has 2 nitrogen and oxygen atoms in total. The molecule has 1 aromatic rings. The lowest BCUT2D eigenvalue weighted by atomic mass is 10.3. The van der Waals surface area contributed by atoms with Crippen molar-refractivity contribution in [1.82, 2.24) is 4.98 Å². The average molecular weight is 283 g/mol. The molecule has 5 heteroatoms. The Hall–Kier alpha value is -0.590. The van der Waals surface area contributed by atoms with Crippen LogP contribution in [-0.4, -0.2) is 11.3 Å². The molecular weight excluding hydrogens is 279 g/mol. The van der Waals surface area contributed by atoms with Gasteiger partial charge in [0.1, 0.15) is 5.69 Å². The molecule has 1 aromatic heterocycles. The van der Waals surface area contributed by atoms with Crippen LogP contribution in [0.4, 0.5) is 8.78 Å². The number of hydrogen-bond acceptors (Lipinski definition) is 2. The van der Waals surface area contributed by atoms with Gasteiger partial charge in [-0.15, -0.1) is 0 Å². The molecule has 12 heavy (non-hydrogen) atoms. The number of carbonyl (C=O) groups is 1. The van der Waals surface area contributed by atoms with Gasteiger partial charge in [0, 0.05) is 15.3 Å². The fourth-order valence-electron chi connectivity index (χ4n) is 0.662. The molecule has 0 aromatic carbocycles. The minimum atomic E-state index is -2.58. The van der Waals surface area contributed by atoms with Gasteiger partial charge in [-0.25, -0.2) is 8.78 Å². The molecule has 0 bridgehead atoms. The molecule has 0 aliphatic carbocycles. The van der Waals surface area contributed by atoms with Gasteiger partial charge in [-0.2, -0.15) is 0 Å². The Morgan fingerprint density at radius 2 is 2.25 bits per heavy atom. The number of halogens is 3. The van der Waals surface area contributed by atoms with Crippen LogP contribution in [0.1, 0.15) is 22.5 Å². The first-order valence-corrected chi connectivity index (χ1v) is 4.12. The largest absolute Gasteiger partial charge is 0.298 e. The van der Waals surface area contributed by atoms with E-state index in [4.69, 9.17) is 0 Å². The van der Waals surface area contributed by atoms with Crippen molar-refractivity contribution in [2.75, 3.05) is 0 Å². The third-order valence-electron chi connectivity index (χ3n) is 1.25. The molecular formula is C7H4F2INO. The number of alkyl halides is 2. The quantitative estimate of drug-likeness (QED) is 0.616. The van der Waals surface area contributed by atoms with Crippen LogP contribution < -0.4 is 0 Å². The molecule has 0 radical (unpaired) electrons. The summed E-state index contributed by atoms with van der Waals surface area (Å²) in [6.45, 7) is 0. The number of carbonyl (C=O) groups excluding carboxylic acids is 1. The third kappa shape index (κ3) is 1.96. The Morgan fingerprint density at radius 3 is 2.67 bits per heavy atom. The van der Waals surface area contributed by atoms with Crippen molar-refractivity contribution in [3.05, 3.63) is 27.1 Å². The standard InChI is InChI=1S/C7H4F2INO/c8-7(9)6-1-5(10)4(3-12)2-11-6/h1-3,7H. The second kappa shape index (κ2) is 3.88. The van der Waals surface area contributed by atoms with Gasteiger partial charge in [-0.3, -0.25) is 9.78 Å². The van der Waals surface area contributed by atoms with Crippen LogP contribution in [0.25, 0.3) is 0 Å². The van der Waals surface area contributed by atoms with Crippen molar-refractivity contribution in [3.63, 3.8) is 0 Å². The summed E-state index contributed by atoms with van der Waals surface area (Å²) in [4.78, 5) is 13.7. The average Bonchev–Trinajstić information content (AvgIpc) is 2.04. The Balaban J connectivity index is 3.10. The van der Waals surface area contributed by atoms with Gasteiger partial charge in [0.2, 0.25) is 0 Å². The lowest BCUT2D eigenvalue weighted by Crippen LogP contribution is -1.94. The summed E-state index contributed by atoms with van der Waals surface area (Å²) in [5.74, 6) is 0. The maximum Gasteiger partial charge on any atom is 0.280 e. The zero-order chi connectivity index (χ0) is 9.14. The Morgan fingerprint density at radius 1 is 1.58 bits per heavy atom. The van der Waals surface area contributed by atoms with Gasteiger partial charge < -0.3 is 0 Å². The van der Waals surface area contributed by atoms with Crippen molar-refractivity contribution in [1.29, 1.82) is 0 Å². The summed E-state index contributed by atoms with van der Waals surface area (Å²) in [5.41, 5.74) is 0.0324. The molecule has 1 heterocycles. The molecule has 64 valence electrons. The van der Waals surface area contributed by atoms with E-state index < -0.39 is 6.43 Å². The number of aromatic nitrogens is 1. The summed E-state index contributed by atoms with van der Waals surface area (Å²) in [5, 5.41) is 0. The predicted octanol–water partition coefficient (Wildman–Crippen LogP) is 2.44. The Bertz CT molecular complexity index is 303. The molecule has 1 rings (SSSR count). The number of rotatable bonds is 2. The van der Waals surface area contributed by atoms with Crippen molar-refractivity contribution < 1.29 is 13.6 Å². The van der Waals surface area contributed by atoms with Crippen LogP contribution >= 0.6 is 22.6 Å². The topological polar surface area (TPSA) is 30.0 Å². The normalized spacial score (nSPS) is 10.3. The second-order valence-corrected chi connectivity index (χ2v) is 3.21. The van der Waals surface area contributed by atoms with E-state index in [-0.39, 0.29) is 5.69 Å². The molecule has 0 aliphatic heterocycles. The highest BCUT2D eigenvalue weighted by Crippen LogP contribution is 2.19. The van der Waals surface area contributed by atoms with Gasteiger partial charge in [0.25, 0.3) is 6.43 Å². The zero-order valence-corrected chi connectivity index (χ0v) is 7.96. The number of hydrogen-bond donors (Lipinski definition) is 0. The van der Waals surface area contributed by atoms with Gasteiger partial charge in [0.15, 0.2) is 6.29 Å². The van der Waals surface area contributed by atoms with Crippen LogP contribution in [0.5, 0.6) is 0 Å². The number of pyridine rings is 1. The maximum absolute atomic E-state index is 12.0. The van der Waals surface area contributed by atoms with Crippen LogP contribution in [0.15, 0.2) is 12.3 Å². The van der Waals surface area contributed by atoms with Crippen LogP contribution in [0, 0.1) is 3.57 Å². The van der Waals surface area contributed by atoms with E-state index in [0.29, 0.717) is 15.4 Å². The van der Waals surface area contributed by atoms with E-state index in [0.717, 1.165) is 6.20 Å². The zero-order valence-electron chi connectivity index (χ0n) is 5.80. The summed E-state index contributed by atoms with van der Waals surface area (Å²) < 4.78 is 24.6. The van der Waals surface area contributed by atoms with Crippen LogP contribution in [0.2, 0.25) is 0 Å². The Labute approximate surface area is 81.1 Å². The number of nitrogens with zero attached hydrogens (tertiary/aromatic N) is 1.